The van der Waals surface area contributed by atoms with E-state index in [0.717, 1.165) is 16.7 Å². The van der Waals surface area contributed by atoms with E-state index in [1.807, 2.05) is 30.5 Å². The summed E-state index contributed by atoms with van der Waals surface area (Å²) in [6.45, 7) is 11.3. The Kier molecular flexibility index (Phi) is 3.19. The molecule has 0 aliphatic rings. The summed E-state index contributed by atoms with van der Waals surface area (Å²) in [5, 5.41) is 1.31. The van der Waals surface area contributed by atoms with Crippen LogP contribution in [-0.2, 0) is 0 Å². The van der Waals surface area contributed by atoms with Gasteiger partial charge < -0.3 is 4.43 Å². The van der Waals surface area contributed by atoms with Crippen LogP contribution in [0.25, 0.3) is 10.9 Å². The van der Waals surface area contributed by atoms with Gasteiger partial charge in [0.15, 0.2) is 0 Å². The van der Waals surface area contributed by atoms with Crippen LogP contribution in [0, 0.1) is 0 Å². The SMILES string of the molecule is CC(C)(C)[Si](C)(C)Oc1cccc2ncccc12. The fourth-order valence-corrected chi connectivity index (χ4v) is 2.63. The zero-order chi connectivity index (χ0) is 13.4. The maximum Gasteiger partial charge on any atom is 0.250 e. The van der Waals surface area contributed by atoms with E-state index in [9.17, 15) is 0 Å². The third-order valence-corrected chi connectivity index (χ3v) is 8.12. The van der Waals surface area contributed by atoms with Crippen molar-refractivity contribution in [1.29, 1.82) is 0 Å². The molecule has 2 nitrogen and oxygen atoms in total. The van der Waals surface area contributed by atoms with Gasteiger partial charge in [-0.25, -0.2) is 0 Å². The third-order valence-electron chi connectivity index (χ3n) is 3.78. The van der Waals surface area contributed by atoms with Crippen LogP contribution in [0.4, 0.5) is 0 Å². The molecule has 2 aromatic rings. The van der Waals surface area contributed by atoms with E-state index in [4.69, 9.17) is 4.43 Å². The summed E-state index contributed by atoms with van der Waals surface area (Å²) in [5.74, 6) is 0.965. The molecule has 96 valence electrons. The van der Waals surface area contributed by atoms with Crippen molar-refractivity contribution in [3.63, 3.8) is 0 Å². The normalized spacial score (nSPS) is 12.7. The highest BCUT2D eigenvalue weighted by Gasteiger charge is 2.39. The van der Waals surface area contributed by atoms with Crippen molar-refractivity contribution in [1.82, 2.24) is 4.98 Å². The molecule has 0 bridgehead atoms. The molecule has 0 saturated heterocycles. The average molecular weight is 259 g/mol. The van der Waals surface area contributed by atoms with Gasteiger partial charge in [0.05, 0.1) is 5.52 Å². The Morgan fingerprint density at radius 1 is 1.06 bits per heavy atom. The molecule has 3 heteroatoms. The van der Waals surface area contributed by atoms with E-state index in [1.165, 1.54) is 0 Å². The Hall–Kier alpha value is -1.35. The second-order valence-corrected chi connectivity index (χ2v) is 10.9. The molecule has 0 aliphatic carbocycles. The number of benzene rings is 1. The molecule has 0 N–H and O–H groups in total. The molecule has 0 fully saturated rings. The average Bonchev–Trinajstić information content (AvgIpc) is 2.27. The highest BCUT2D eigenvalue weighted by atomic mass is 28.4. The summed E-state index contributed by atoms with van der Waals surface area (Å²) in [6.07, 6.45) is 1.82. The van der Waals surface area contributed by atoms with Crippen LogP contribution < -0.4 is 4.43 Å². The van der Waals surface area contributed by atoms with E-state index in [2.05, 4.69) is 44.9 Å². The monoisotopic (exact) mass is 259 g/mol. The maximum atomic E-state index is 6.38. The smallest absolute Gasteiger partial charge is 0.250 e. The van der Waals surface area contributed by atoms with Gasteiger partial charge in [0.2, 0.25) is 0 Å². The second-order valence-electron chi connectivity index (χ2n) is 6.19. The Morgan fingerprint density at radius 3 is 2.44 bits per heavy atom. The Bertz CT molecular complexity index is 552. The van der Waals surface area contributed by atoms with E-state index < -0.39 is 8.32 Å². The highest BCUT2D eigenvalue weighted by molar-refractivity contribution is 6.74. The molecule has 1 aromatic carbocycles. The zero-order valence-electron chi connectivity index (χ0n) is 11.8. The molecule has 2 rings (SSSR count). The van der Waals surface area contributed by atoms with Gasteiger partial charge in [-0.2, -0.15) is 0 Å². The van der Waals surface area contributed by atoms with Crippen molar-refractivity contribution in [3.05, 3.63) is 36.5 Å². The lowest BCUT2D eigenvalue weighted by Crippen LogP contribution is -2.43. The van der Waals surface area contributed by atoms with Crippen LogP contribution in [-0.4, -0.2) is 13.3 Å². The largest absolute Gasteiger partial charge is 0.543 e. The highest BCUT2D eigenvalue weighted by Crippen LogP contribution is 2.38. The van der Waals surface area contributed by atoms with Gasteiger partial charge >= 0.3 is 0 Å². The van der Waals surface area contributed by atoms with E-state index in [1.54, 1.807) is 0 Å². The van der Waals surface area contributed by atoms with Crippen LogP contribution in [0.5, 0.6) is 5.75 Å². The molecule has 0 saturated carbocycles. The molecule has 18 heavy (non-hydrogen) atoms. The zero-order valence-corrected chi connectivity index (χ0v) is 12.8. The fraction of sp³-hybridized carbons (Fsp3) is 0.400. The minimum atomic E-state index is -1.79. The topological polar surface area (TPSA) is 22.1 Å². The molecule has 1 heterocycles. The number of hydrogen-bond acceptors (Lipinski definition) is 2. The number of aromatic nitrogens is 1. The van der Waals surface area contributed by atoms with Crippen molar-refractivity contribution < 1.29 is 4.43 Å². The van der Waals surface area contributed by atoms with Crippen LogP contribution in [0.3, 0.4) is 0 Å². The molecular formula is C15H21NOSi. The van der Waals surface area contributed by atoms with Crippen LogP contribution in [0.1, 0.15) is 20.8 Å². The molecule has 0 spiro atoms. The molecule has 0 amide bonds. The quantitative estimate of drug-likeness (QED) is 0.734. The van der Waals surface area contributed by atoms with Crippen molar-refractivity contribution in [3.8, 4) is 5.75 Å². The molecule has 0 aliphatic heterocycles. The van der Waals surface area contributed by atoms with Crippen LogP contribution in [0.15, 0.2) is 36.5 Å². The predicted octanol–water partition coefficient (Wildman–Crippen LogP) is 4.62. The predicted molar refractivity (Wildman–Crippen MR) is 79.6 cm³/mol. The summed E-state index contributed by atoms with van der Waals surface area (Å²) >= 11 is 0. The van der Waals surface area contributed by atoms with Gasteiger partial charge in [-0.1, -0.05) is 26.8 Å². The first-order chi connectivity index (χ1) is 8.31. The van der Waals surface area contributed by atoms with Gasteiger partial charge in [-0.15, -0.1) is 0 Å². The van der Waals surface area contributed by atoms with Crippen molar-refractivity contribution in [2.75, 3.05) is 0 Å². The van der Waals surface area contributed by atoms with Gasteiger partial charge in [-0.05, 0) is 42.4 Å². The standard InChI is InChI=1S/C15H21NOSi/c1-15(2,3)18(4,5)17-14-10-6-9-13-12(14)8-7-11-16-13/h6-11H,1-5H3. The van der Waals surface area contributed by atoms with Crippen LogP contribution >= 0.6 is 0 Å². The summed E-state index contributed by atoms with van der Waals surface area (Å²) in [4.78, 5) is 4.37. The van der Waals surface area contributed by atoms with E-state index >= 15 is 0 Å². The molecule has 1 aromatic heterocycles. The number of nitrogens with zero attached hydrogens (tertiary/aromatic N) is 1. The lowest BCUT2D eigenvalue weighted by Gasteiger charge is -2.36. The number of rotatable bonds is 2. The van der Waals surface area contributed by atoms with Crippen molar-refractivity contribution in [2.24, 2.45) is 0 Å². The van der Waals surface area contributed by atoms with Crippen molar-refractivity contribution >= 4 is 19.2 Å². The Balaban J connectivity index is 2.44. The van der Waals surface area contributed by atoms with Gasteiger partial charge in [0.1, 0.15) is 5.75 Å². The Morgan fingerprint density at radius 2 is 1.78 bits per heavy atom. The first kappa shape index (κ1) is 13.1. The first-order valence-corrected chi connectivity index (χ1v) is 9.25. The fourth-order valence-electron chi connectivity index (χ4n) is 1.59. The second kappa shape index (κ2) is 4.39. The number of fused-ring (bicyclic) bond motifs is 1. The molecular weight excluding hydrogens is 238 g/mol. The van der Waals surface area contributed by atoms with Gasteiger partial charge in [0, 0.05) is 11.6 Å². The summed E-state index contributed by atoms with van der Waals surface area (Å²) in [6, 6.07) is 10.1. The molecule has 0 unspecified atom stereocenters. The number of hydrogen-bond donors (Lipinski definition) is 0. The summed E-state index contributed by atoms with van der Waals surface area (Å²) < 4.78 is 6.38. The van der Waals surface area contributed by atoms with Gasteiger partial charge in [0.25, 0.3) is 8.32 Å². The summed E-state index contributed by atoms with van der Waals surface area (Å²) in [5.41, 5.74) is 0.994. The van der Waals surface area contributed by atoms with Gasteiger partial charge in [-0.3, -0.25) is 4.98 Å². The van der Waals surface area contributed by atoms with Crippen molar-refractivity contribution in [2.45, 2.75) is 38.9 Å². The van der Waals surface area contributed by atoms with E-state index in [-0.39, 0.29) is 5.04 Å². The minimum absolute atomic E-state index is 0.206. The third kappa shape index (κ3) is 2.41. The molecule has 0 radical (unpaired) electrons. The Labute approximate surface area is 110 Å². The number of pyridine rings is 1. The first-order valence-electron chi connectivity index (χ1n) is 6.34. The van der Waals surface area contributed by atoms with E-state index in [0.29, 0.717) is 0 Å². The molecule has 0 atom stereocenters. The summed E-state index contributed by atoms with van der Waals surface area (Å²) in [7, 11) is -1.79. The van der Waals surface area contributed by atoms with Crippen LogP contribution in [0.2, 0.25) is 18.1 Å². The maximum absolute atomic E-state index is 6.38. The lowest BCUT2D eigenvalue weighted by molar-refractivity contribution is 0.496. The lowest BCUT2D eigenvalue weighted by atomic mass is 10.2. The minimum Gasteiger partial charge on any atom is -0.543 e.